The van der Waals surface area contributed by atoms with Crippen LogP contribution in [0.3, 0.4) is 0 Å². The topological polar surface area (TPSA) is 106 Å². The number of amides is 2. The number of nitrogens with zero attached hydrogens (tertiary/aromatic N) is 3. The molecule has 3 atom stereocenters. The van der Waals surface area contributed by atoms with Gasteiger partial charge in [0.05, 0.1) is 5.02 Å². The Balaban J connectivity index is 1.40. The molecule has 1 fully saturated rings. The number of carbonyl (C=O) groups is 2. The van der Waals surface area contributed by atoms with E-state index in [1.54, 1.807) is 17.0 Å². The fourth-order valence-electron chi connectivity index (χ4n) is 5.31. The van der Waals surface area contributed by atoms with Crippen LogP contribution in [0.4, 0.5) is 0 Å². The molecule has 9 nitrogen and oxygen atoms in total. The summed E-state index contributed by atoms with van der Waals surface area (Å²) in [6, 6.07) is 13.0. The second-order valence-corrected chi connectivity index (χ2v) is 14.7. The van der Waals surface area contributed by atoms with Crippen LogP contribution in [0.2, 0.25) is 10.0 Å². The zero-order chi connectivity index (χ0) is 31.0. The lowest BCUT2D eigenvalue weighted by atomic mass is 9.83. The van der Waals surface area contributed by atoms with Crippen molar-refractivity contribution in [1.29, 1.82) is 0 Å². The number of benzene rings is 2. The summed E-state index contributed by atoms with van der Waals surface area (Å²) in [5.74, 6) is -0.467. The summed E-state index contributed by atoms with van der Waals surface area (Å²) in [4.78, 5) is 34.0. The average molecular weight is 637 g/mol. The van der Waals surface area contributed by atoms with Crippen molar-refractivity contribution >= 4 is 55.9 Å². The van der Waals surface area contributed by atoms with E-state index in [2.05, 4.69) is 15.2 Å². The van der Waals surface area contributed by atoms with Crippen molar-refractivity contribution in [2.45, 2.75) is 57.6 Å². The molecule has 228 valence electrons. The van der Waals surface area contributed by atoms with Crippen molar-refractivity contribution < 1.29 is 18.0 Å². The van der Waals surface area contributed by atoms with E-state index < -0.39 is 21.5 Å². The van der Waals surface area contributed by atoms with Gasteiger partial charge in [0.15, 0.2) is 0 Å². The van der Waals surface area contributed by atoms with Crippen LogP contribution in [-0.4, -0.2) is 90.7 Å². The van der Waals surface area contributed by atoms with Crippen LogP contribution in [0.1, 0.15) is 45.1 Å². The molecule has 1 aromatic heterocycles. The number of hydrogen-bond acceptors (Lipinski definition) is 5. The number of likely N-dealkylation sites (tertiary alicyclic amines) is 1. The first-order valence-corrected chi connectivity index (χ1v) is 16.2. The molecular formula is C30H39Cl2N5O4S. The van der Waals surface area contributed by atoms with Crippen molar-refractivity contribution in [2.75, 3.05) is 33.2 Å². The lowest BCUT2D eigenvalue weighted by Gasteiger charge is -2.53. The molecule has 1 aliphatic heterocycles. The predicted molar refractivity (Wildman–Crippen MR) is 167 cm³/mol. The lowest BCUT2D eigenvalue weighted by Crippen LogP contribution is -2.70. The van der Waals surface area contributed by atoms with E-state index >= 15 is 0 Å². The van der Waals surface area contributed by atoms with E-state index in [1.807, 2.05) is 58.9 Å². The molecule has 1 aliphatic rings. The maximum Gasteiger partial charge on any atom is 0.268 e. The molecule has 12 heteroatoms. The van der Waals surface area contributed by atoms with E-state index in [4.69, 9.17) is 23.2 Å². The largest absolute Gasteiger partial charge is 0.351 e. The molecule has 0 spiro atoms. The highest BCUT2D eigenvalue weighted by Crippen LogP contribution is 2.30. The first-order valence-electron chi connectivity index (χ1n) is 14.0. The summed E-state index contributed by atoms with van der Waals surface area (Å²) >= 11 is 12.2. The van der Waals surface area contributed by atoms with Crippen molar-refractivity contribution in [3.8, 4) is 0 Å². The Labute approximate surface area is 258 Å². The molecule has 0 aliphatic carbocycles. The highest BCUT2D eigenvalue weighted by atomic mass is 35.5. The van der Waals surface area contributed by atoms with Gasteiger partial charge in [0.2, 0.25) is 15.9 Å². The molecule has 1 saturated heterocycles. The van der Waals surface area contributed by atoms with Gasteiger partial charge in [-0.1, -0.05) is 69.1 Å². The molecule has 0 saturated carbocycles. The summed E-state index contributed by atoms with van der Waals surface area (Å²) in [6.07, 6.45) is 0. The van der Waals surface area contributed by atoms with Crippen LogP contribution in [0.25, 0.3) is 10.9 Å². The number of sulfonamides is 1. The number of likely N-dealkylation sites (N-methyl/N-ethyl adjacent to an activating group) is 2. The SMILES string of the molecule is CCN(CCN(C)S(=O)(=O)c1cc(Cl)ccc1Cl)[C@@H]1CN(C(=O)[C@@H](NC(=O)c2cc3ccccc3[nH]2)C(C)(C)C)C1C. The molecule has 2 amide bonds. The summed E-state index contributed by atoms with van der Waals surface area (Å²) in [6.45, 7) is 11.7. The van der Waals surface area contributed by atoms with Crippen LogP contribution in [0, 0.1) is 5.41 Å². The lowest BCUT2D eigenvalue weighted by molar-refractivity contribution is -0.149. The highest BCUT2D eigenvalue weighted by Gasteiger charge is 2.46. The fourth-order valence-corrected chi connectivity index (χ4v) is 7.21. The molecule has 2 heterocycles. The number of aromatic nitrogens is 1. The number of rotatable bonds is 10. The number of fused-ring (bicyclic) bond motifs is 1. The average Bonchev–Trinajstić information content (AvgIpc) is 3.37. The van der Waals surface area contributed by atoms with Gasteiger partial charge in [-0.3, -0.25) is 14.5 Å². The van der Waals surface area contributed by atoms with E-state index in [1.165, 1.54) is 23.5 Å². The van der Waals surface area contributed by atoms with E-state index in [0.717, 1.165) is 10.9 Å². The van der Waals surface area contributed by atoms with Crippen molar-refractivity contribution in [1.82, 2.24) is 24.4 Å². The molecule has 2 aromatic carbocycles. The maximum atomic E-state index is 13.8. The van der Waals surface area contributed by atoms with E-state index in [9.17, 15) is 18.0 Å². The van der Waals surface area contributed by atoms with Gasteiger partial charge in [-0.25, -0.2) is 8.42 Å². The van der Waals surface area contributed by atoms with E-state index in [-0.39, 0.29) is 40.4 Å². The third-order valence-corrected chi connectivity index (χ3v) is 10.6. The number of hydrogen-bond donors (Lipinski definition) is 2. The predicted octanol–water partition coefficient (Wildman–Crippen LogP) is 4.86. The van der Waals surface area contributed by atoms with E-state index in [0.29, 0.717) is 30.4 Å². The van der Waals surface area contributed by atoms with Crippen molar-refractivity contribution in [3.63, 3.8) is 0 Å². The summed E-state index contributed by atoms with van der Waals surface area (Å²) in [7, 11) is -2.32. The summed E-state index contributed by atoms with van der Waals surface area (Å²) in [5.41, 5.74) is 0.740. The van der Waals surface area contributed by atoms with Crippen LogP contribution < -0.4 is 5.32 Å². The molecule has 4 rings (SSSR count). The maximum absolute atomic E-state index is 13.8. The Morgan fingerprint density at radius 3 is 2.43 bits per heavy atom. The third kappa shape index (κ3) is 6.63. The quantitative estimate of drug-likeness (QED) is 0.331. The standard InChI is InChI=1S/C30H39Cl2N5O4S/c1-7-36(15-14-35(6)42(40,41)26-17-21(31)12-13-22(26)32)25-18-37(19(25)2)29(39)27(30(3,4)5)34-28(38)24-16-20-10-8-9-11-23(20)33-24/h8-13,16-17,19,25,27,33H,7,14-15,18H2,1-6H3,(H,34,38)/t19?,25-,27-/m1/s1. The molecule has 0 radical (unpaired) electrons. The molecule has 3 aromatic rings. The Bertz CT molecular complexity index is 1540. The molecule has 2 N–H and O–H groups in total. The van der Waals surface area contributed by atoms with Gasteiger partial charge in [0, 0.05) is 54.7 Å². The second-order valence-electron chi connectivity index (χ2n) is 11.9. The van der Waals surface area contributed by atoms with Gasteiger partial charge >= 0.3 is 0 Å². The normalized spacial score (nSPS) is 18.4. The fraction of sp³-hybridized carbons (Fsp3) is 0.467. The Morgan fingerprint density at radius 2 is 1.81 bits per heavy atom. The van der Waals surface area contributed by atoms with Crippen LogP contribution in [0.5, 0.6) is 0 Å². The number of nitrogens with one attached hydrogen (secondary N) is 2. The zero-order valence-corrected chi connectivity index (χ0v) is 27.1. The van der Waals surface area contributed by atoms with Crippen LogP contribution in [0.15, 0.2) is 53.4 Å². The van der Waals surface area contributed by atoms with Crippen LogP contribution >= 0.6 is 23.2 Å². The number of aromatic amines is 1. The first kappa shape index (κ1) is 32.3. The minimum absolute atomic E-state index is 0.0290. The van der Waals surface area contributed by atoms with Gasteiger partial charge < -0.3 is 15.2 Å². The Hall–Kier alpha value is -2.63. The Morgan fingerprint density at radius 1 is 1.12 bits per heavy atom. The minimum Gasteiger partial charge on any atom is -0.351 e. The zero-order valence-electron chi connectivity index (χ0n) is 24.8. The molecule has 42 heavy (non-hydrogen) atoms. The second kappa shape index (κ2) is 12.5. The number of H-pyrrole nitrogens is 1. The Kier molecular flexibility index (Phi) is 9.64. The molecular weight excluding hydrogens is 597 g/mol. The van der Waals surface area contributed by atoms with Gasteiger partial charge in [-0.15, -0.1) is 0 Å². The van der Waals surface area contributed by atoms with Crippen LogP contribution in [-0.2, 0) is 14.8 Å². The van der Waals surface area contributed by atoms with Crippen molar-refractivity contribution in [2.24, 2.45) is 5.41 Å². The number of carbonyl (C=O) groups excluding carboxylic acids is 2. The van der Waals surface area contributed by atoms with Gasteiger partial charge in [0.25, 0.3) is 5.91 Å². The number of halogens is 2. The summed E-state index contributed by atoms with van der Waals surface area (Å²) in [5, 5.41) is 4.31. The highest BCUT2D eigenvalue weighted by molar-refractivity contribution is 7.89. The number of para-hydroxylation sites is 1. The molecule has 0 bridgehead atoms. The molecule has 1 unspecified atom stereocenters. The summed E-state index contributed by atoms with van der Waals surface area (Å²) < 4.78 is 27.6. The minimum atomic E-state index is -3.84. The third-order valence-electron chi connectivity index (χ3n) is 8.04. The first-order chi connectivity index (χ1) is 19.6. The van der Waals surface area contributed by atoms with Gasteiger partial charge in [-0.2, -0.15) is 4.31 Å². The van der Waals surface area contributed by atoms with Gasteiger partial charge in [0.1, 0.15) is 16.6 Å². The monoisotopic (exact) mass is 635 g/mol. The van der Waals surface area contributed by atoms with Crippen molar-refractivity contribution in [3.05, 3.63) is 64.3 Å². The smallest absolute Gasteiger partial charge is 0.268 e. The van der Waals surface area contributed by atoms with Gasteiger partial charge in [-0.05, 0) is 49.2 Å².